The number of benzene rings is 1. The molecule has 2 fully saturated rings. The molecule has 1 aromatic carbocycles. The summed E-state index contributed by atoms with van der Waals surface area (Å²) in [5, 5.41) is 7.21. The molecule has 0 aliphatic carbocycles. The molecule has 3 aromatic rings. The van der Waals surface area contributed by atoms with E-state index in [0.717, 1.165) is 21.2 Å². The number of thiophene rings is 1. The van der Waals surface area contributed by atoms with Crippen LogP contribution in [0.4, 0.5) is 4.79 Å². The molecule has 2 saturated heterocycles. The molecule has 0 bridgehead atoms. The first kappa shape index (κ1) is 22.3. The van der Waals surface area contributed by atoms with Crippen LogP contribution >= 0.6 is 11.3 Å². The zero-order valence-electron chi connectivity index (χ0n) is 18.9. The second-order valence-corrected chi connectivity index (χ2v) is 9.38. The van der Waals surface area contributed by atoms with Crippen LogP contribution in [0.5, 0.6) is 0 Å². The largest absolute Gasteiger partial charge is 0.343 e. The Bertz CT molecular complexity index is 1230. The van der Waals surface area contributed by atoms with Crippen molar-refractivity contribution in [2.24, 2.45) is 0 Å². The SMILES string of the molecule is C[C@H]1[C@@H]2N(C(=O)NCc3ccncc3)OCC(=O)N2[C@@H](C)C(=O)N1Cc1csc2ccccc12. The lowest BCUT2D eigenvalue weighted by Gasteiger charge is -2.53. The maximum Gasteiger partial charge on any atom is 0.343 e. The predicted octanol–water partition coefficient (Wildman–Crippen LogP) is 2.73. The molecular formula is C24H25N5O4S. The number of piperazine rings is 1. The van der Waals surface area contributed by atoms with Gasteiger partial charge < -0.3 is 15.1 Å². The van der Waals surface area contributed by atoms with Gasteiger partial charge in [0.1, 0.15) is 6.04 Å². The van der Waals surface area contributed by atoms with Crippen LogP contribution in [-0.2, 0) is 27.5 Å². The van der Waals surface area contributed by atoms with Gasteiger partial charge in [0.05, 0.1) is 6.04 Å². The molecule has 2 aliphatic heterocycles. The van der Waals surface area contributed by atoms with E-state index < -0.39 is 24.3 Å². The van der Waals surface area contributed by atoms with Gasteiger partial charge in [0.15, 0.2) is 12.8 Å². The summed E-state index contributed by atoms with van der Waals surface area (Å²) in [7, 11) is 0. The van der Waals surface area contributed by atoms with Gasteiger partial charge in [-0.2, -0.15) is 5.06 Å². The number of carbonyl (C=O) groups excluding carboxylic acids is 3. The molecule has 34 heavy (non-hydrogen) atoms. The number of rotatable bonds is 4. The summed E-state index contributed by atoms with van der Waals surface area (Å²) < 4.78 is 1.15. The smallest absolute Gasteiger partial charge is 0.332 e. The molecule has 5 rings (SSSR count). The topological polar surface area (TPSA) is 95.1 Å². The van der Waals surface area contributed by atoms with E-state index in [1.54, 1.807) is 35.6 Å². The minimum atomic E-state index is -0.740. The second kappa shape index (κ2) is 9.03. The van der Waals surface area contributed by atoms with E-state index in [1.165, 1.54) is 9.96 Å². The lowest BCUT2D eigenvalue weighted by Crippen LogP contribution is -2.74. The molecule has 1 N–H and O–H groups in total. The number of aromatic nitrogens is 1. The second-order valence-electron chi connectivity index (χ2n) is 8.47. The van der Waals surface area contributed by atoms with Gasteiger partial charge in [0, 0.05) is 30.2 Å². The van der Waals surface area contributed by atoms with Gasteiger partial charge in [0.2, 0.25) is 5.91 Å². The Morgan fingerprint density at radius 2 is 1.94 bits per heavy atom. The number of hydroxylamine groups is 2. The molecular weight excluding hydrogens is 454 g/mol. The number of carbonyl (C=O) groups is 3. The van der Waals surface area contributed by atoms with Gasteiger partial charge in [-0.1, -0.05) is 18.2 Å². The van der Waals surface area contributed by atoms with Gasteiger partial charge in [0.25, 0.3) is 5.91 Å². The number of nitrogens with one attached hydrogen (secondary N) is 1. The fraction of sp³-hybridized carbons (Fsp3) is 0.333. The van der Waals surface area contributed by atoms with Crippen LogP contribution in [0.3, 0.4) is 0 Å². The molecule has 3 atom stereocenters. The van der Waals surface area contributed by atoms with E-state index in [4.69, 9.17) is 4.84 Å². The highest BCUT2D eigenvalue weighted by molar-refractivity contribution is 7.17. The Hall–Kier alpha value is -3.50. The Morgan fingerprint density at radius 1 is 1.18 bits per heavy atom. The van der Waals surface area contributed by atoms with Gasteiger partial charge in [-0.05, 0) is 53.9 Å². The third-order valence-electron chi connectivity index (χ3n) is 6.42. The van der Waals surface area contributed by atoms with Crippen LogP contribution in [0.2, 0.25) is 0 Å². The van der Waals surface area contributed by atoms with Crippen molar-refractivity contribution in [1.29, 1.82) is 0 Å². The summed E-state index contributed by atoms with van der Waals surface area (Å²) in [6, 6.07) is 10.0. The van der Waals surface area contributed by atoms with Gasteiger partial charge >= 0.3 is 6.03 Å². The number of amides is 4. The van der Waals surface area contributed by atoms with E-state index in [9.17, 15) is 14.4 Å². The zero-order chi connectivity index (χ0) is 23.8. The van der Waals surface area contributed by atoms with Crippen molar-refractivity contribution in [2.75, 3.05) is 6.61 Å². The summed E-state index contributed by atoms with van der Waals surface area (Å²) in [6.45, 7) is 3.94. The fourth-order valence-electron chi connectivity index (χ4n) is 4.63. The van der Waals surface area contributed by atoms with Crippen molar-refractivity contribution in [1.82, 2.24) is 25.2 Å². The van der Waals surface area contributed by atoms with Crippen molar-refractivity contribution in [3.8, 4) is 0 Å². The number of hydrogen-bond acceptors (Lipinski definition) is 6. The highest BCUT2D eigenvalue weighted by Crippen LogP contribution is 2.33. The van der Waals surface area contributed by atoms with E-state index in [2.05, 4.69) is 21.7 Å². The van der Waals surface area contributed by atoms with Gasteiger partial charge in [-0.3, -0.25) is 19.4 Å². The standard InChI is InChI=1S/C24H25N5O4S/c1-15-22-28(21(30)13-33-29(22)24(32)26-11-17-7-9-25-10-8-17)16(2)23(31)27(15)12-18-14-34-20-6-4-3-5-19(18)20/h3-10,14-16,22H,11-13H2,1-2H3,(H,26,32)/t15-,16-,22-/m0/s1. The maximum absolute atomic E-state index is 13.4. The number of fused-ring (bicyclic) bond motifs is 2. The normalized spacial score (nSPS) is 22.8. The van der Waals surface area contributed by atoms with Crippen molar-refractivity contribution < 1.29 is 19.2 Å². The minimum absolute atomic E-state index is 0.147. The zero-order valence-corrected chi connectivity index (χ0v) is 19.7. The third kappa shape index (κ3) is 3.88. The number of pyridine rings is 1. The molecule has 0 unspecified atom stereocenters. The van der Waals surface area contributed by atoms with Crippen molar-refractivity contribution >= 4 is 39.3 Å². The van der Waals surface area contributed by atoms with Crippen LogP contribution in [0.25, 0.3) is 10.1 Å². The van der Waals surface area contributed by atoms with Crippen molar-refractivity contribution in [3.63, 3.8) is 0 Å². The van der Waals surface area contributed by atoms with Crippen LogP contribution in [-0.4, -0.2) is 62.5 Å². The molecule has 0 saturated carbocycles. The molecule has 4 amide bonds. The molecule has 2 aromatic heterocycles. The molecule has 4 heterocycles. The quantitative estimate of drug-likeness (QED) is 0.621. The van der Waals surface area contributed by atoms with Crippen LogP contribution in [0, 0.1) is 0 Å². The average molecular weight is 480 g/mol. The van der Waals surface area contributed by atoms with E-state index >= 15 is 0 Å². The van der Waals surface area contributed by atoms with E-state index in [-0.39, 0.29) is 25.0 Å². The number of hydrogen-bond donors (Lipinski definition) is 1. The Morgan fingerprint density at radius 3 is 2.74 bits per heavy atom. The molecule has 9 nitrogen and oxygen atoms in total. The maximum atomic E-state index is 13.4. The van der Waals surface area contributed by atoms with Crippen molar-refractivity contribution in [2.45, 2.75) is 45.2 Å². The Balaban J connectivity index is 1.40. The monoisotopic (exact) mass is 479 g/mol. The summed E-state index contributed by atoms with van der Waals surface area (Å²) in [5.74, 6) is -0.456. The highest BCUT2D eigenvalue weighted by Gasteiger charge is 2.52. The average Bonchev–Trinajstić information content (AvgIpc) is 3.27. The first-order valence-electron chi connectivity index (χ1n) is 11.1. The fourth-order valence-corrected chi connectivity index (χ4v) is 5.58. The predicted molar refractivity (Wildman–Crippen MR) is 126 cm³/mol. The van der Waals surface area contributed by atoms with Crippen LogP contribution < -0.4 is 5.32 Å². The molecule has 2 aliphatic rings. The number of urea groups is 1. The molecule has 0 spiro atoms. The lowest BCUT2D eigenvalue weighted by molar-refractivity contribution is -0.244. The van der Waals surface area contributed by atoms with E-state index in [0.29, 0.717) is 6.54 Å². The number of nitrogens with zero attached hydrogens (tertiary/aromatic N) is 4. The molecule has 176 valence electrons. The van der Waals surface area contributed by atoms with Gasteiger partial charge in [-0.25, -0.2) is 4.79 Å². The Labute approximate surface area is 200 Å². The summed E-state index contributed by atoms with van der Waals surface area (Å²) in [6.07, 6.45) is 2.57. The Kier molecular flexibility index (Phi) is 5.93. The van der Waals surface area contributed by atoms with E-state index in [1.807, 2.05) is 37.3 Å². The van der Waals surface area contributed by atoms with Crippen LogP contribution in [0.1, 0.15) is 25.0 Å². The third-order valence-corrected chi connectivity index (χ3v) is 7.43. The van der Waals surface area contributed by atoms with Gasteiger partial charge in [-0.15, -0.1) is 11.3 Å². The highest BCUT2D eigenvalue weighted by atomic mass is 32.1. The molecule has 0 radical (unpaired) electrons. The summed E-state index contributed by atoms with van der Waals surface area (Å²) >= 11 is 1.63. The first-order valence-corrected chi connectivity index (χ1v) is 12.0. The summed E-state index contributed by atoms with van der Waals surface area (Å²) in [5.41, 5.74) is 1.93. The van der Waals surface area contributed by atoms with Crippen molar-refractivity contribution in [3.05, 3.63) is 65.3 Å². The summed E-state index contributed by atoms with van der Waals surface area (Å²) in [4.78, 5) is 52.0. The lowest BCUT2D eigenvalue weighted by atomic mass is 10.0. The van der Waals surface area contributed by atoms with Crippen LogP contribution in [0.15, 0.2) is 54.2 Å². The minimum Gasteiger partial charge on any atom is -0.332 e. The molecule has 10 heteroatoms. The first-order chi connectivity index (χ1) is 16.5.